The lowest BCUT2D eigenvalue weighted by atomic mass is 10.2. The summed E-state index contributed by atoms with van der Waals surface area (Å²) in [5.41, 5.74) is 4.71. The topological polar surface area (TPSA) is 114 Å². The zero-order valence-electron chi connectivity index (χ0n) is 18.6. The largest absolute Gasteiger partial charge is 0.493 e. The van der Waals surface area contributed by atoms with E-state index in [4.69, 9.17) is 21.1 Å². The zero-order chi connectivity index (χ0) is 24.2. The molecular formula is C22H26ClN3O6S. The number of amides is 2. The Labute approximate surface area is 198 Å². The van der Waals surface area contributed by atoms with Crippen molar-refractivity contribution >= 4 is 33.4 Å². The molecule has 2 aromatic carbocycles. The van der Waals surface area contributed by atoms with Crippen LogP contribution in [-0.2, 0) is 10.0 Å². The molecule has 11 heteroatoms. The van der Waals surface area contributed by atoms with Gasteiger partial charge in [-0.1, -0.05) is 11.6 Å². The van der Waals surface area contributed by atoms with Crippen LogP contribution in [0.3, 0.4) is 0 Å². The third-order valence-electron chi connectivity index (χ3n) is 4.96. The second kappa shape index (κ2) is 10.4. The molecule has 178 valence electrons. The highest BCUT2D eigenvalue weighted by atomic mass is 35.5. The third-order valence-corrected chi connectivity index (χ3v) is 7.19. The number of benzene rings is 2. The minimum Gasteiger partial charge on any atom is -0.493 e. The molecule has 0 bridgehead atoms. The highest BCUT2D eigenvalue weighted by molar-refractivity contribution is 7.89. The van der Waals surface area contributed by atoms with Gasteiger partial charge in [0, 0.05) is 18.7 Å². The number of hydrogen-bond acceptors (Lipinski definition) is 6. The van der Waals surface area contributed by atoms with Crippen LogP contribution in [0.1, 0.15) is 47.4 Å². The Bertz CT molecular complexity index is 1150. The molecule has 1 aliphatic rings. The van der Waals surface area contributed by atoms with Gasteiger partial charge in [0.2, 0.25) is 10.0 Å². The molecule has 1 aliphatic heterocycles. The fraction of sp³-hybridized carbons (Fsp3) is 0.364. The molecule has 0 unspecified atom stereocenters. The summed E-state index contributed by atoms with van der Waals surface area (Å²) < 4.78 is 37.8. The molecule has 33 heavy (non-hydrogen) atoms. The Balaban J connectivity index is 1.72. The quantitative estimate of drug-likeness (QED) is 0.571. The number of hydrogen-bond donors (Lipinski definition) is 2. The molecule has 0 spiro atoms. The third kappa shape index (κ3) is 5.76. The highest BCUT2D eigenvalue weighted by Gasteiger charge is 2.28. The fourth-order valence-electron chi connectivity index (χ4n) is 3.33. The van der Waals surface area contributed by atoms with Gasteiger partial charge in [0.25, 0.3) is 11.8 Å². The van der Waals surface area contributed by atoms with E-state index in [2.05, 4.69) is 10.9 Å². The van der Waals surface area contributed by atoms with Crippen LogP contribution in [0.15, 0.2) is 41.3 Å². The summed E-state index contributed by atoms with van der Waals surface area (Å²) in [7, 11) is -2.27. The van der Waals surface area contributed by atoms with Crippen molar-refractivity contribution in [2.45, 2.75) is 37.7 Å². The Morgan fingerprint density at radius 2 is 1.67 bits per heavy atom. The van der Waals surface area contributed by atoms with Gasteiger partial charge in [0.1, 0.15) is 0 Å². The van der Waals surface area contributed by atoms with Crippen LogP contribution >= 0.6 is 11.6 Å². The van der Waals surface area contributed by atoms with E-state index in [1.807, 2.05) is 13.8 Å². The van der Waals surface area contributed by atoms with E-state index in [1.54, 1.807) is 6.07 Å². The molecule has 0 aliphatic carbocycles. The maximum Gasteiger partial charge on any atom is 0.271 e. The predicted molar refractivity (Wildman–Crippen MR) is 123 cm³/mol. The van der Waals surface area contributed by atoms with Gasteiger partial charge in [-0.15, -0.1) is 0 Å². The van der Waals surface area contributed by atoms with Gasteiger partial charge in [0.15, 0.2) is 11.5 Å². The average molecular weight is 496 g/mol. The predicted octanol–water partition coefficient (Wildman–Crippen LogP) is 3.00. The van der Waals surface area contributed by atoms with Crippen LogP contribution in [0, 0.1) is 0 Å². The lowest BCUT2D eigenvalue weighted by Gasteiger charge is -2.16. The van der Waals surface area contributed by atoms with Crippen molar-refractivity contribution in [3.8, 4) is 11.5 Å². The van der Waals surface area contributed by atoms with Crippen LogP contribution in [0.2, 0.25) is 5.02 Å². The highest BCUT2D eigenvalue weighted by Crippen LogP contribution is 2.29. The summed E-state index contributed by atoms with van der Waals surface area (Å²) in [6.07, 6.45) is 1.51. The summed E-state index contributed by atoms with van der Waals surface area (Å²) in [5.74, 6) is -0.505. The molecule has 0 atom stereocenters. The van der Waals surface area contributed by atoms with Crippen LogP contribution in [0.25, 0.3) is 0 Å². The maximum atomic E-state index is 12.8. The van der Waals surface area contributed by atoms with Crippen molar-refractivity contribution in [2.75, 3.05) is 20.2 Å². The second-order valence-electron chi connectivity index (χ2n) is 7.69. The SMILES string of the molecule is COc1cc(C(=O)NNC(=O)c2cc(S(=O)(=O)N3CCCC3)ccc2Cl)ccc1OC(C)C. The summed E-state index contributed by atoms with van der Waals surface area (Å²) in [4.78, 5) is 25.1. The smallest absolute Gasteiger partial charge is 0.271 e. The van der Waals surface area contributed by atoms with Crippen molar-refractivity contribution < 1.29 is 27.5 Å². The molecule has 2 amide bonds. The van der Waals surface area contributed by atoms with Gasteiger partial charge < -0.3 is 9.47 Å². The number of ether oxygens (including phenoxy) is 2. The molecule has 0 saturated carbocycles. The number of rotatable bonds is 7. The number of carbonyl (C=O) groups excluding carboxylic acids is 2. The first-order chi connectivity index (χ1) is 15.6. The van der Waals surface area contributed by atoms with Gasteiger partial charge in [-0.3, -0.25) is 20.4 Å². The molecule has 0 radical (unpaired) electrons. The first-order valence-electron chi connectivity index (χ1n) is 10.4. The number of carbonyl (C=O) groups is 2. The molecule has 3 rings (SSSR count). The molecule has 1 fully saturated rings. The van der Waals surface area contributed by atoms with Gasteiger partial charge in [0.05, 0.1) is 28.7 Å². The summed E-state index contributed by atoms with van der Waals surface area (Å²) >= 11 is 6.12. The first-order valence-corrected chi connectivity index (χ1v) is 12.2. The average Bonchev–Trinajstić information content (AvgIpc) is 3.33. The molecule has 1 heterocycles. The molecule has 2 aromatic rings. The summed E-state index contributed by atoms with van der Waals surface area (Å²) in [5, 5.41) is 0.0546. The van der Waals surface area contributed by atoms with Crippen molar-refractivity contribution in [2.24, 2.45) is 0 Å². The number of methoxy groups -OCH3 is 1. The number of nitrogens with one attached hydrogen (secondary N) is 2. The molecule has 9 nitrogen and oxygen atoms in total. The van der Waals surface area contributed by atoms with Crippen LogP contribution < -0.4 is 20.3 Å². The lowest BCUT2D eigenvalue weighted by Crippen LogP contribution is -2.41. The van der Waals surface area contributed by atoms with E-state index < -0.39 is 21.8 Å². The van der Waals surface area contributed by atoms with Gasteiger partial charge in [-0.25, -0.2) is 8.42 Å². The number of halogens is 1. The maximum absolute atomic E-state index is 12.8. The van der Waals surface area contributed by atoms with E-state index in [9.17, 15) is 18.0 Å². The Kier molecular flexibility index (Phi) is 7.83. The Morgan fingerprint density at radius 3 is 2.30 bits per heavy atom. The van der Waals surface area contributed by atoms with Crippen LogP contribution in [-0.4, -0.2) is 50.8 Å². The molecular weight excluding hydrogens is 470 g/mol. The Hall–Kier alpha value is -2.82. The molecule has 0 aromatic heterocycles. The summed E-state index contributed by atoms with van der Waals surface area (Å²) in [6, 6.07) is 8.52. The van der Waals surface area contributed by atoms with E-state index >= 15 is 0 Å². The zero-order valence-corrected chi connectivity index (χ0v) is 20.1. The monoisotopic (exact) mass is 495 g/mol. The summed E-state index contributed by atoms with van der Waals surface area (Å²) in [6.45, 7) is 4.61. The van der Waals surface area contributed by atoms with Gasteiger partial charge in [-0.05, 0) is 63.1 Å². The minimum atomic E-state index is -3.72. The second-order valence-corrected chi connectivity index (χ2v) is 10.0. The molecule has 2 N–H and O–H groups in total. The van der Waals surface area contributed by atoms with Crippen molar-refractivity contribution in [1.29, 1.82) is 0 Å². The van der Waals surface area contributed by atoms with Gasteiger partial charge >= 0.3 is 0 Å². The number of sulfonamides is 1. The standard InChI is InChI=1S/C22H26ClN3O6S/c1-14(2)32-19-9-6-15(12-20(19)31-3)21(27)24-25-22(28)17-13-16(7-8-18(17)23)33(29,30)26-10-4-5-11-26/h6-9,12-14H,4-5,10-11H2,1-3H3,(H,24,27)(H,25,28). The van der Waals surface area contributed by atoms with Crippen molar-refractivity contribution in [3.05, 3.63) is 52.5 Å². The van der Waals surface area contributed by atoms with Gasteiger partial charge in [-0.2, -0.15) is 4.31 Å². The normalized spacial score (nSPS) is 14.2. The van der Waals surface area contributed by atoms with E-state index in [0.717, 1.165) is 12.8 Å². The minimum absolute atomic E-state index is 0.0317. The number of nitrogens with zero attached hydrogens (tertiary/aromatic N) is 1. The van der Waals surface area contributed by atoms with Crippen molar-refractivity contribution in [1.82, 2.24) is 15.2 Å². The number of hydrazine groups is 1. The van der Waals surface area contributed by atoms with Crippen LogP contribution in [0.5, 0.6) is 11.5 Å². The first kappa shape index (κ1) is 24.8. The van der Waals surface area contributed by atoms with E-state index in [0.29, 0.717) is 24.6 Å². The lowest BCUT2D eigenvalue weighted by molar-refractivity contribution is 0.0846. The van der Waals surface area contributed by atoms with E-state index in [1.165, 1.54) is 41.7 Å². The van der Waals surface area contributed by atoms with Crippen molar-refractivity contribution in [3.63, 3.8) is 0 Å². The van der Waals surface area contributed by atoms with Crippen LogP contribution in [0.4, 0.5) is 0 Å². The molecule has 1 saturated heterocycles. The Morgan fingerprint density at radius 1 is 1.00 bits per heavy atom. The van der Waals surface area contributed by atoms with E-state index in [-0.39, 0.29) is 27.1 Å². The fourth-order valence-corrected chi connectivity index (χ4v) is 5.08.